The number of para-hydroxylation sites is 1. The summed E-state index contributed by atoms with van der Waals surface area (Å²) in [5.74, 6) is -2.52. The minimum Gasteiger partial charge on any atom is -0.454 e. The summed E-state index contributed by atoms with van der Waals surface area (Å²) in [5.41, 5.74) is 1.81. The molecule has 1 aromatic heterocycles. The van der Waals surface area contributed by atoms with Crippen LogP contribution >= 0.6 is 0 Å². The van der Waals surface area contributed by atoms with Crippen molar-refractivity contribution >= 4 is 34.3 Å². The molecule has 1 spiro atoms. The lowest BCUT2D eigenvalue weighted by molar-refractivity contribution is -0.143. The number of carbonyl (C=O) groups excluding carboxylic acids is 3. The highest BCUT2D eigenvalue weighted by atomic mass is 19.1. The van der Waals surface area contributed by atoms with E-state index in [1.54, 1.807) is 18.2 Å². The zero-order valence-corrected chi connectivity index (χ0v) is 21.1. The monoisotopic (exact) mass is 538 g/mol. The number of aromatic amines is 1. The fourth-order valence-electron chi connectivity index (χ4n) is 6.92. The Balaban J connectivity index is 1.22. The summed E-state index contributed by atoms with van der Waals surface area (Å²) in [7, 11) is 0. The second-order valence-corrected chi connectivity index (χ2v) is 10.7. The van der Waals surface area contributed by atoms with E-state index in [2.05, 4.69) is 15.6 Å². The van der Waals surface area contributed by atoms with Crippen molar-refractivity contribution in [2.24, 2.45) is 11.8 Å². The van der Waals surface area contributed by atoms with Gasteiger partial charge in [0.05, 0.1) is 18.4 Å². The Morgan fingerprint density at radius 2 is 1.82 bits per heavy atom. The number of hydrogen-bond donors (Lipinski definition) is 3. The minimum absolute atomic E-state index is 0.0226. The van der Waals surface area contributed by atoms with Gasteiger partial charge in [0.15, 0.2) is 11.5 Å². The van der Waals surface area contributed by atoms with E-state index < -0.39 is 41.0 Å². The zero-order valence-electron chi connectivity index (χ0n) is 21.1. The van der Waals surface area contributed by atoms with Crippen LogP contribution in [0.2, 0.25) is 0 Å². The van der Waals surface area contributed by atoms with E-state index in [0.29, 0.717) is 34.7 Å². The Kier molecular flexibility index (Phi) is 4.73. The first kappa shape index (κ1) is 23.2. The first-order chi connectivity index (χ1) is 19.4. The topological polar surface area (TPSA) is 113 Å². The summed E-state index contributed by atoms with van der Waals surface area (Å²) in [5, 5.41) is 7.21. The summed E-state index contributed by atoms with van der Waals surface area (Å²) in [6, 6.07) is 16.6. The molecular formula is C30H23FN4O5. The van der Waals surface area contributed by atoms with Crippen molar-refractivity contribution in [2.45, 2.75) is 24.5 Å². The number of H-pyrrole nitrogens is 1. The maximum absolute atomic E-state index is 14.5. The van der Waals surface area contributed by atoms with Crippen LogP contribution in [0.15, 0.2) is 66.9 Å². The Hall–Kier alpha value is -4.70. The molecule has 0 radical (unpaired) electrons. The van der Waals surface area contributed by atoms with E-state index in [0.717, 1.165) is 16.5 Å². The molecule has 4 aliphatic heterocycles. The van der Waals surface area contributed by atoms with Gasteiger partial charge in [-0.1, -0.05) is 24.3 Å². The smallest absolute Gasteiger partial charge is 0.250 e. The molecule has 0 saturated carbocycles. The van der Waals surface area contributed by atoms with Gasteiger partial charge in [-0.05, 0) is 53.9 Å². The molecule has 3 aromatic carbocycles. The average molecular weight is 539 g/mol. The number of rotatable bonds is 4. The second-order valence-electron chi connectivity index (χ2n) is 10.7. The van der Waals surface area contributed by atoms with Crippen LogP contribution in [-0.2, 0) is 32.9 Å². The van der Waals surface area contributed by atoms with E-state index in [-0.39, 0.29) is 19.2 Å². The standard InChI is InChI=1S/C30H23FN4O5/c31-17-6-7-21-19(11-17)30(29(38)33-21)26-25(22(34-30)10-16-12-32-20-4-2-1-3-18(16)20)27(36)35(28(26)37)13-15-5-8-23-24(9-15)40-14-39-23/h1-9,11-12,22,25-26,32,34H,10,13-14H2,(H,33,38)/t22-,25-,26+,30-/m1/s1. The number of benzene rings is 3. The molecule has 4 aromatic rings. The Morgan fingerprint density at radius 1 is 0.975 bits per heavy atom. The Labute approximate surface area is 227 Å². The first-order valence-electron chi connectivity index (χ1n) is 13.1. The number of fused-ring (bicyclic) bond motifs is 6. The molecule has 2 saturated heterocycles. The molecule has 4 atom stereocenters. The number of nitrogens with zero attached hydrogens (tertiary/aromatic N) is 1. The van der Waals surface area contributed by atoms with Gasteiger partial charge >= 0.3 is 0 Å². The normalized spacial score (nSPS) is 26.2. The number of anilines is 1. The quantitative estimate of drug-likeness (QED) is 0.344. The second kappa shape index (κ2) is 8.15. The molecule has 0 bridgehead atoms. The minimum atomic E-state index is -1.57. The summed E-state index contributed by atoms with van der Waals surface area (Å²) in [6.45, 7) is 0.133. The molecule has 40 heavy (non-hydrogen) atoms. The van der Waals surface area contributed by atoms with E-state index in [1.165, 1.54) is 23.1 Å². The van der Waals surface area contributed by atoms with E-state index >= 15 is 0 Å². The molecule has 0 unspecified atom stereocenters. The maximum atomic E-state index is 14.5. The summed E-state index contributed by atoms with van der Waals surface area (Å²) in [4.78, 5) is 46.4. The zero-order chi connectivity index (χ0) is 27.2. The lowest BCUT2D eigenvalue weighted by Gasteiger charge is -2.29. The van der Waals surface area contributed by atoms with Crippen LogP contribution in [0.3, 0.4) is 0 Å². The lowest BCUT2D eigenvalue weighted by atomic mass is 9.76. The number of carbonyl (C=O) groups is 3. The average Bonchev–Trinajstić information content (AvgIpc) is 3.75. The van der Waals surface area contributed by atoms with Crippen LogP contribution in [-0.4, -0.2) is 40.4 Å². The molecule has 9 nitrogen and oxygen atoms in total. The predicted molar refractivity (Wildman–Crippen MR) is 141 cm³/mol. The highest BCUT2D eigenvalue weighted by molar-refractivity contribution is 6.15. The summed E-state index contributed by atoms with van der Waals surface area (Å²) >= 11 is 0. The van der Waals surface area contributed by atoms with Crippen LogP contribution in [0, 0.1) is 17.7 Å². The molecule has 4 aliphatic rings. The van der Waals surface area contributed by atoms with Crippen molar-refractivity contribution in [3.63, 3.8) is 0 Å². The molecule has 5 heterocycles. The van der Waals surface area contributed by atoms with Gasteiger partial charge in [0, 0.05) is 34.4 Å². The van der Waals surface area contributed by atoms with Crippen molar-refractivity contribution in [3.05, 3.63) is 89.4 Å². The van der Waals surface area contributed by atoms with Gasteiger partial charge in [0.1, 0.15) is 11.4 Å². The molecule has 2 fully saturated rings. The lowest BCUT2D eigenvalue weighted by Crippen LogP contribution is -2.53. The van der Waals surface area contributed by atoms with E-state index in [1.807, 2.05) is 30.5 Å². The summed E-state index contributed by atoms with van der Waals surface area (Å²) in [6.07, 6.45) is 2.28. The van der Waals surface area contributed by atoms with Crippen molar-refractivity contribution in [1.29, 1.82) is 0 Å². The fourth-order valence-corrected chi connectivity index (χ4v) is 6.92. The van der Waals surface area contributed by atoms with Gasteiger partial charge in [-0.15, -0.1) is 0 Å². The third kappa shape index (κ3) is 3.07. The van der Waals surface area contributed by atoms with Crippen LogP contribution in [0.5, 0.6) is 11.5 Å². The summed E-state index contributed by atoms with van der Waals surface area (Å²) < 4.78 is 25.4. The molecule has 0 aliphatic carbocycles. The fraction of sp³-hybridized carbons (Fsp3) is 0.233. The number of imide groups is 1. The Morgan fingerprint density at radius 3 is 2.73 bits per heavy atom. The molecular weight excluding hydrogens is 515 g/mol. The van der Waals surface area contributed by atoms with Gasteiger partial charge < -0.3 is 19.8 Å². The van der Waals surface area contributed by atoms with Gasteiger partial charge in [-0.25, -0.2) is 4.39 Å². The largest absolute Gasteiger partial charge is 0.454 e. The van der Waals surface area contributed by atoms with Crippen molar-refractivity contribution in [1.82, 2.24) is 15.2 Å². The third-order valence-electron chi connectivity index (χ3n) is 8.66. The van der Waals surface area contributed by atoms with Crippen molar-refractivity contribution in [2.75, 3.05) is 12.1 Å². The molecule has 3 N–H and O–H groups in total. The van der Waals surface area contributed by atoms with Crippen LogP contribution in [0.1, 0.15) is 16.7 Å². The van der Waals surface area contributed by atoms with Crippen LogP contribution in [0.25, 0.3) is 10.9 Å². The number of likely N-dealkylation sites (tertiary alicyclic amines) is 1. The Bertz CT molecular complexity index is 1770. The predicted octanol–water partition coefficient (Wildman–Crippen LogP) is 3.20. The SMILES string of the molecule is O=C1[C@H]2[C@@H](C(=O)N1Cc1ccc3c(c1)OCO3)[C@@]1(N[C@@H]2Cc2c[nH]c3ccccc23)C(=O)Nc2ccc(F)cc21. The number of nitrogens with one attached hydrogen (secondary N) is 3. The van der Waals surface area contributed by atoms with Crippen molar-refractivity contribution in [3.8, 4) is 11.5 Å². The number of ether oxygens (including phenoxy) is 2. The molecule has 8 rings (SSSR count). The molecule has 10 heteroatoms. The van der Waals surface area contributed by atoms with E-state index in [4.69, 9.17) is 9.47 Å². The highest BCUT2D eigenvalue weighted by Crippen LogP contribution is 2.53. The molecule has 3 amide bonds. The van der Waals surface area contributed by atoms with E-state index in [9.17, 15) is 18.8 Å². The number of hydrogen-bond acceptors (Lipinski definition) is 6. The van der Waals surface area contributed by atoms with Gasteiger partial charge in [-0.2, -0.15) is 0 Å². The number of aromatic nitrogens is 1. The number of halogens is 1. The van der Waals surface area contributed by atoms with Gasteiger partial charge in [-0.3, -0.25) is 24.6 Å². The van der Waals surface area contributed by atoms with Crippen LogP contribution < -0.4 is 20.1 Å². The first-order valence-corrected chi connectivity index (χ1v) is 13.1. The van der Waals surface area contributed by atoms with Crippen molar-refractivity contribution < 1.29 is 28.2 Å². The van der Waals surface area contributed by atoms with Gasteiger partial charge in [0.2, 0.25) is 24.5 Å². The third-order valence-corrected chi connectivity index (χ3v) is 8.66. The molecule has 200 valence electrons. The van der Waals surface area contributed by atoms with Crippen LogP contribution in [0.4, 0.5) is 10.1 Å². The van der Waals surface area contributed by atoms with Gasteiger partial charge in [0.25, 0.3) is 0 Å². The number of amides is 3. The maximum Gasteiger partial charge on any atom is 0.250 e. The highest BCUT2D eigenvalue weighted by Gasteiger charge is 2.70.